The van der Waals surface area contributed by atoms with Gasteiger partial charge in [-0.3, -0.25) is 5.21 Å². The van der Waals surface area contributed by atoms with E-state index in [4.69, 9.17) is 0 Å². The third-order valence-corrected chi connectivity index (χ3v) is 0.923. The molecule has 10 heavy (non-hydrogen) atoms. The van der Waals surface area contributed by atoms with Gasteiger partial charge >= 0.3 is 5.97 Å². The van der Waals surface area contributed by atoms with E-state index in [0.717, 1.165) is 6.20 Å². The SMILES string of the molecule is COC(=O)c1cc[n+]([O-])o1. The van der Waals surface area contributed by atoms with Crippen LogP contribution < -0.4 is 4.90 Å². The number of hydrogen-bond donors (Lipinski definition) is 0. The Kier molecular flexibility index (Phi) is 1.57. The first kappa shape index (κ1) is 6.60. The summed E-state index contributed by atoms with van der Waals surface area (Å²) < 4.78 is 8.59. The normalized spacial score (nSPS) is 9.30. The van der Waals surface area contributed by atoms with Crippen molar-refractivity contribution in [1.82, 2.24) is 0 Å². The molecule has 0 unspecified atom stereocenters. The van der Waals surface area contributed by atoms with E-state index in [1.807, 2.05) is 0 Å². The average molecular weight is 143 g/mol. The van der Waals surface area contributed by atoms with Gasteiger partial charge in [0.05, 0.1) is 7.11 Å². The molecule has 0 spiro atoms. The van der Waals surface area contributed by atoms with E-state index < -0.39 is 5.97 Å². The molecule has 1 heterocycles. The Labute approximate surface area is 56.4 Å². The fourth-order valence-electron chi connectivity index (χ4n) is 0.492. The zero-order valence-corrected chi connectivity index (χ0v) is 5.23. The molecule has 0 atom stereocenters. The summed E-state index contributed by atoms with van der Waals surface area (Å²) in [6, 6.07) is 1.23. The number of ether oxygens (including phenoxy) is 1. The second-order valence-corrected chi connectivity index (χ2v) is 1.55. The van der Waals surface area contributed by atoms with E-state index in [1.165, 1.54) is 13.2 Å². The van der Waals surface area contributed by atoms with Gasteiger partial charge in [0.1, 0.15) is 0 Å². The number of esters is 1. The van der Waals surface area contributed by atoms with Crippen molar-refractivity contribution < 1.29 is 19.0 Å². The summed E-state index contributed by atoms with van der Waals surface area (Å²) in [5.74, 6) is -0.757. The van der Waals surface area contributed by atoms with Crippen LogP contribution >= 0.6 is 0 Å². The predicted molar refractivity (Wildman–Crippen MR) is 29.0 cm³/mol. The lowest BCUT2D eigenvalue weighted by Crippen LogP contribution is -2.20. The lowest BCUT2D eigenvalue weighted by molar-refractivity contribution is -0.793. The third kappa shape index (κ3) is 1.07. The number of aromatic nitrogens is 1. The topological polar surface area (TPSA) is 66.4 Å². The van der Waals surface area contributed by atoms with Crippen LogP contribution in [0.2, 0.25) is 0 Å². The number of carbonyl (C=O) groups is 1. The first-order chi connectivity index (χ1) is 4.74. The maximum absolute atomic E-state index is 10.6. The van der Waals surface area contributed by atoms with Crippen molar-refractivity contribution in [2.45, 2.75) is 0 Å². The fraction of sp³-hybridized carbons (Fsp3) is 0.200. The monoisotopic (exact) mass is 143 g/mol. The molecule has 0 aromatic carbocycles. The van der Waals surface area contributed by atoms with Crippen molar-refractivity contribution in [1.29, 1.82) is 0 Å². The van der Waals surface area contributed by atoms with Crippen molar-refractivity contribution in [3.63, 3.8) is 0 Å². The molecular weight excluding hydrogens is 138 g/mol. The van der Waals surface area contributed by atoms with Gasteiger partial charge in [0.15, 0.2) is 5.76 Å². The Morgan fingerprint density at radius 2 is 2.60 bits per heavy atom. The van der Waals surface area contributed by atoms with Gasteiger partial charge in [-0.25, -0.2) is 4.79 Å². The fourth-order valence-corrected chi connectivity index (χ4v) is 0.492. The van der Waals surface area contributed by atoms with Crippen LogP contribution in [-0.2, 0) is 4.74 Å². The number of hydrogen-bond acceptors (Lipinski definition) is 4. The number of nitrogens with zero attached hydrogens (tertiary/aromatic N) is 1. The molecule has 1 aromatic heterocycles. The zero-order chi connectivity index (χ0) is 7.56. The van der Waals surface area contributed by atoms with E-state index in [-0.39, 0.29) is 10.7 Å². The van der Waals surface area contributed by atoms with E-state index >= 15 is 0 Å². The molecule has 0 saturated heterocycles. The second kappa shape index (κ2) is 2.38. The Bertz CT molecular complexity index is 242. The minimum Gasteiger partial charge on any atom is -0.465 e. The van der Waals surface area contributed by atoms with Crippen molar-refractivity contribution in [2.24, 2.45) is 0 Å². The first-order valence-electron chi connectivity index (χ1n) is 2.52. The highest BCUT2D eigenvalue weighted by molar-refractivity contribution is 5.85. The average Bonchev–Trinajstić information content (AvgIpc) is 2.34. The van der Waals surface area contributed by atoms with Crippen LogP contribution in [0.5, 0.6) is 0 Å². The molecule has 0 aliphatic heterocycles. The standard InChI is InChI=1S/C5H5NO4/c1-9-5(7)4-2-3-6(8)10-4/h2-3H,1H3. The molecule has 0 N–H and O–H groups in total. The van der Waals surface area contributed by atoms with Crippen molar-refractivity contribution in [2.75, 3.05) is 7.11 Å². The lowest BCUT2D eigenvalue weighted by Gasteiger charge is -1.91. The minimum atomic E-state index is -0.658. The van der Waals surface area contributed by atoms with Gasteiger partial charge in [-0.05, 0) is 0 Å². The summed E-state index contributed by atoms with van der Waals surface area (Å²) in [6.45, 7) is 0. The van der Waals surface area contributed by atoms with E-state index in [0.29, 0.717) is 0 Å². The second-order valence-electron chi connectivity index (χ2n) is 1.55. The summed E-state index contributed by atoms with van der Waals surface area (Å²) in [5.41, 5.74) is 0. The quantitative estimate of drug-likeness (QED) is 0.400. The number of carbonyl (C=O) groups excluding carboxylic acids is 1. The van der Waals surface area contributed by atoms with Crippen LogP contribution in [0.15, 0.2) is 16.8 Å². The van der Waals surface area contributed by atoms with Gasteiger partial charge in [0.2, 0.25) is 6.20 Å². The maximum atomic E-state index is 10.6. The Balaban J connectivity index is 2.85. The molecule has 0 aliphatic rings. The smallest absolute Gasteiger partial charge is 0.351 e. The Hall–Kier alpha value is -1.52. The van der Waals surface area contributed by atoms with E-state index in [2.05, 4.69) is 9.26 Å². The zero-order valence-electron chi connectivity index (χ0n) is 5.23. The molecule has 1 rings (SSSR count). The number of rotatable bonds is 1. The summed E-state index contributed by atoms with van der Waals surface area (Å²) in [4.78, 5) is 10.7. The third-order valence-electron chi connectivity index (χ3n) is 0.923. The van der Waals surface area contributed by atoms with Crippen LogP contribution in [0, 0.1) is 5.21 Å². The molecule has 0 aliphatic carbocycles. The van der Waals surface area contributed by atoms with E-state index in [9.17, 15) is 10.0 Å². The molecular formula is C5H5NO4. The summed E-state index contributed by atoms with van der Waals surface area (Å²) in [6.07, 6.45) is 1.08. The Morgan fingerprint density at radius 3 is 3.00 bits per heavy atom. The van der Waals surface area contributed by atoms with Crippen LogP contribution in [0.3, 0.4) is 0 Å². The molecule has 5 heteroatoms. The van der Waals surface area contributed by atoms with Crippen LogP contribution in [0.1, 0.15) is 10.6 Å². The van der Waals surface area contributed by atoms with Crippen molar-refractivity contribution in [3.8, 4) is 0 Å². The molecule has 0 fully saturated rings. The van der Waals surface area contributed by atoms with Gasteiger partial charge in [-0.1, -0.05) is 0 Å². The van der Waals surface area contributed by atoms with Crippen LogP contribution in [0.4, 0.5) is 0 Å². The summed E-state index contributed by atoms with van der Waals surface area (Å²) >= 11 is 0. The molecule has 1 aromatic rings. The van der Waals surface area contributed by atoms with Gasteiger partial charge in [-0.2, -0.15) is 0 Å². The summed E-state index contributed by atoms with van der Waals surface area (Å²) in [5, 5.41) is 10.3. The van der Waals surface area contributed by atoms with Crippen LogP contribution in [0.25, 0.3) is 0 Å². The maximum Gasteiger partial charge on any atom is 0.351 e. The highest BCUT2D eigenvalue weighted by atomic mass is 16.7. The van der Waals surface area contributed by atoms with Gasteiger partial charge in [0.25, 0.3) is 0 Å². The first-order valence-corrected chi connectivity index (χ1v) is 2.52. The molecule has 0 bridgehead atoms. The van der Waals surface area contributed by atoms with E-state index in [1.54, 1.807) is 0 Å². The predicted octanol–water partition coefficient (Wildman–Crippen LogP) is -0.300. The molecule has 5 nitrogen and oxygen atoms in total. The Morgan fingerprint density at radius 1 is 1.90 bits per heavy atom. The van der Waals surface area contributed by atoms with Crippen molar-refractivity contribution in [3.05, 3.63) is 23.2 Å². The van der Waals surface area contributed by atoms with Crippen molar-refractivity contribution >= 4 is 5.97 Å². The van der Waals surface area contributed by atoms with Gasteiger partial charge < -0.3 is 9.26 Å². The molecule has 0 saturated carbocycles. The number of methoxy groups -OCH3 is 1. The molecule has 0 amide bonds. The minimum absolute atomic E-state index is 0.0995. The van der Waals surface area contributed by atoms with Crippen LogP contribution in [-0.4, -0.2) is 13.1 Å². The summed E-state index contributed by atoms with van der Waals surface area (Å²) in [7, 11) is 1.21. The largest absolute Gasteiger partial charge is 0.465 e. The van der Waals surface area contributed by atoms with Gasteiger partial charge in [-0.15, -0.1) is 0 Å². The highest BCUT2D eigenvalue weighted by Gasteiger charge is 2.07. The lowest BCUT2D eigenvalue weighted by atomic mass is 10.5. The van der Waals surface area contributed by atoms with Gasteiger partial charge in [0, 0.05) is 11.0 Å². The molecule has 0 radical (unpaired) electrons. The molecule has 54 valence electrons. The highest BCUT2D eigenvalue weighted by Crippen LogP contribution is 1.95.